The van der Waals surface area contributed by atoms with Crippen LogP contribution in [-0.2, 0) is 15.7 Å². The van der Waals surface area contributed by atoms with E-state index in [1.54, 1.807) is 0 Å². The minimum Gasteiger partial charge on any atom is -0.493 e. The third-order valence-corrected chi connectivity index (χ3v) is 3.75. The number of hydrogen-bond donors (Lipinski definition) is 1. The minimum atomic E-state index is -4.47. The van der Waals surface area contributed by atoms with Crippen LogP contribution in [-0.4, -0.2) is 32.2 Å². The van der Waals surface area contributed by atoms with Gasteiger partial charge in [0.2, 0.25) is 0 Å². The van der Waals surface area contributed by atoms with Gasteiger partial charge in [0.05, 0.1) is 25.3 Å². The van der Waals surface area contributed by atoms with E-state index in [-0.39, 0.29) is 11.3 Å². The molecule has 0 fully saturated rings. The van der Waals surface area contributed by atoms with Gasteiger partial charge in [0, 0.05) is 5.69 Å². The molecule has 2 aromatic carbocycles. The molecule has 0 aliphatic rings. The molecule has 0 radical (unpaired) electrons. The number of methoxy groups -OCH3 is 2. The first-order valence-electron chi connectivity index (χ1n) is 8.07. The van der Waals surface area contributed by atoms with Crippen molar-refractivity contribution < 1.29 is 37.0 Å². The average molecular weight is 397 g/mol. The fourth-order valence-electron chi connectivity index (χ4n) is 2.23. The summed E-state index contributed by atoms with van der Waals surface area (Å²) in [6.45, 7) is 1.35. The molecule has 1 N–H and O–H groups in total. The van der Waals surface area contributed by atoms with E-state index in [2.05, 4.69) is 5.32 Å². The lowest BCUT2D eigenvalue weighted by molar-refractivity contribution is -0.137. The van der Waals surface area contributed by atoms with Crippen LogP contribution in [0.25, 0.3) is 0 Å². The van der Waals surface area contributed by atoms with Gasteiger partial charge in [-0.15, -0.1) is 0 Å². The number of alkyl halides is 3. The second-order valence-electron chi connectivity index (χ2n) is 5.68. The number of halogens is 3. The van der Waals surface area contributed by atoms with E-state index >= 15 is 0 Å². The van der Waals surface area contributed by atoms with E-state index < -0.39 is 29.7 Å². The number of carbonyl (C=O) groups is 2. The number of benzene rings is 2. The van der Waals surface area contributed by atoms with Crippen LogP contribution in [0.3, 0.4) is 0 Å². The quantitative estimate of drug-likeness (QED) is 0.749. The molecule has 0 saturated carbocycles. The first-order valence-corrected chi connectivity index (χ1v) is 8.07. The van der Waals surface area contributed by atoms with E-state index in [9.17, 15) is 22.8 Å². The Morgan fingerprint density at radius 3 is 2.11 bits per heavy atom. The molecule has 0 saturated heterocycles. The van der Waals surface area contributed by atoms with Crippen LogP contribution in [0.5, 0.6) is 11.5 Å². The van der Waals surface area contributed by atoms with Crippen LogP contribution in [0, 0.1) is 0 Å². The Bertz CT molecular complexity index is 850. The van der Waals surface area contributed by atoms with Gasteiger partial charge in [0.1, 0.15) is 0 Å². The first-order chi connectivity index (χ1) is 13.2. The van der Waals surface area contributed by atoms with E-state index in [4.69, 9.17) is 14.2 Å². The zero-order chi connectivity index (χ0) is 20.9. The van der Waals surface area contributed by atoms with Gasteiger partial charge in [-0.3, -0.25) is 4.79 Å². The average Bonchev–Trinajstić information content (AvgIpc) is 2.66. The van der Waals surface area contributed by atoms with E-state index in [0.29, 0.717) is 11.5 Å². The molecule has 0 aromatic heterocycles. The molecule has 0 spiro atoms. The monoisotopic (exact) mass is 397 g/mol. The van der Waals surface area contributed by atoms with Gasteiger partial charge in [-0.25, -0.2) is 4.79 Å². The number of nitrogens with one attached hydrogen (secondary N) is 1. The fourth-order valence-corrected chi connectivity index (χ4v) is 2.23. The summed E-state index contributed by atoms with van der Waals surface area (Å²) in [5.74, 6) is -0.712. The molecule has 0 bridgehead atoms. The summed E-state index contributed by atoms with van der Waals surface area (Å²) in [5, 5.41) is 2.39. The molecule has 1 atom stereocenters. The molecule has 0 aliphatic carbocycles. The summed E-state index contributed by atoms with van der Waals surface area (Å²) in [5.41, 5.74) is -0.544. The Morgan fingerprint density at radius 2 is 1.57 bits per heavy atom. The highest BCUT2D eigenvalue weighted by molar-refractivity contribution is 5.97. The van der Waals surface area contributed by atoms with Gasteiger partial charge < -0.3 is 19.5 Å². The number of carbonyl (C=O) groups excluding carboxylic acids is 2. The van der Waals surface area contributed by atoms with Crippen LogP contribution in [0.1, 0.15) is 22.8 Å². The maximum absolute atomic E-state index is 12.6. The zero-order valence-corrected chi connectivity index (χ0v) is 15.3. The predicted octanol–water partition coefficient (Wildman–Crippen LogP) is 3.91. The van der Waals surface area contributed by atoms with Crippen LogP contribution >= 0.6 is 0 Å². The normalized spacial score (nSPS) is 12.1. The van der Waals surface area contributed by atoms with Crippen molar-refractivity contribution in [2.45, 2.75) is 19.2 Å². The summed E-state index contributed by atoms with van der Waals surface area (Å²) >= 11 is 0. The summed E-state index contributed by atoms with van der Waals surface area (Å²) in [6.07, 6.45) is -5.65. The summed E-state index contributed by atoms with van der Waals surface area (Å²) in [7, 11) is 2.86. The number of hydrogen-bond acceptors (Lipinski definition) is 5. The largest absolute Gasteiger partial charge is 0.493 e. The first kappa shape index (κ1) is 21.1. The molecule has 1 unspecified atom stereocenters. The highest BCUT2D eigenvalue weighted by Gasteiger charge is 2.30. The maximum Gasteiger partial charge on any atom is 0.416 e. The fraction of sp³-hybridized carbons (Fsp3) is 0.263. The lowest BCUT2D eigenvalue weighted by Gasteiger charge is -2.15. The molecule has 28 heavy (non-hydrogen) atoms. The number of anilines is 1. The molecule has 6 nitrogen and oxygen atoms in total. The molecule has 150 valence electrons. The van der Waals surface area contributed by atoms with Crippen LogP contribution < -0.4 is 14.8 Å². The zero-order valence-electron chi connectivity index (χ0n) is 15.3. The van der Waals surface area contributed by atoms with E-state index in [1.165, 1.54) is 39.3 Å². The number of rotatable bonds is 6. The Balaban J connectivity index is 2.01. The molecule has 2 aromatic rings. The lowest BCUT2D eigenvalue weighted by atomic mass is 10.2. The van der Waals surface area contributed by atoms with Gasteiger partial charge in [-0.2, -0.15) is 13.2 Å². The van der Waals surface area contributed by atoms with Crippen LogP contribution in [0.15, 0.2) is 42.5 Å². The van der Waals surface area contributed by atoms with Crippen molar-refractivity contribution in [3.8, 4) is 11.5 Å². The second kappa shape index (κ2) is 8.64. The number of amides is 1. The minimum absolute atomic E-state index is 0.145. The third-order valence-electron chi connectivity index (χ3n) is 3.75. The van der Waals surface area contributed by atoms with Crippen molar-refractivity contribution in [1.82, 2.24) is 0 Å². The third kappa shape index (κ3) is 5.15. The van der Waals surface area contributed by atoms with Crippen molar-refractivity contribution in [1.29, 1.82) is 0 Å². The molecule has 0 aliphatic heterocycles. The molecular weight excluding hydrogens is 379 g/mol. The Morgan fingerprint density at radius 1 is 0.964 bits per heavy atom. The Labute approximate surface area is 159 Å². The Hall–Kier alpha value is -3.23. The molecule has 0 heterocycles. The van der Waals surface area contributed by atoms with Gasteiger partial charge in [0.15, 0.2) is 17.6 Å². The molecule has 1 amide bonds. The summed E-state index contributed by atoms with van der Waals surface area (Å²) in [4.78, 5) is 24.3. The predicted molar refractivity (Wildman–Crippen MR) is 94.5 cm³/mol. The highest BCUT2D eigenvalue weighted by Crippen LogP contribution is 2.30. The van der Waals surface area contributed by atoms with Gasteiger partial charge in [-0.1, -0.05) is 0 Å². The number of esters is 1. The van der Waals surface area contributed by atoms with Gasteiger partial charge in [0.25, 0.3) is 5.91 Å². The molecular formula is C19H18F3NO5. The second-order valence-corrected chi connectivity index (χ2v) is 5.68. The lowest BCUT2D eigenvalue weighted by Crippen LogP contribution is -2.30. The molecule has 2 rings (SSSR count). The molecule has 9 heteroatoms. The van der Waals surface area contributed by atoms with Crippen molar-refractivity contribution >= 4 is 17.6 Å². The van der Waals surface area contributed by atoms with Crippen molar-refractivity contribution in [3.05, 3.63) is 53.6 Å². The smallest absolute Gasteiger partial charge is 0.416 e. The highest BCUT2D eigenvalue weighted by atomic mass is 19.4. The van der Waals surface area contributed by atoms with Crippen molar-refractivity contribution in [2.24, 2.45) is 0 Å². The topological polar surface area (TPSA) is 73.9 Å². The van der Waals surface area contributed by atoms with Gasteiger partial charge >= 0.3 is 12.1 Å². The standard InChI is InChI=1S/C19H18F3NO5/c1-11(17(24)23-14-7-5-13(6-8-14)19(20,21)22)28-18(25)12-4-9-15(26-2)16(10-12)27-3/h4-11H,1-3H3,(H,23,24). The van der Waals surface area contributed by atoms with Crippen molar-refractivity contribution in [3.63, 3.8) is 0 Å². The van der Waals surface area contributed by atoms with Crippen LogP contribution in [0.2, 0.25) is 0 Å². The van der Waals surface area contributed by atoms with Crippen LogP contribution in [0.4, 0.5) is 18.9 Å². The number of ether oxygens (including phenoxy) is 3. The van der Waals surface area contributed by atoms with Gasteiger partial charge in [-0.05, 0) is 49.4 Å². The maximum atomic E-state index is 12.6. The van der Waals surface area contributed by atoms with Crippen molar-refractivity contribution in [2.75, 3.05) is 19.5 Å². The van der Waals surface area contributed by atoms with E-state index in [1.807, 2.05) is 0 Å². The summed E-state index contributed by atoms with van der Waals surface area (Å²) in [6, 6.07) is 8.28. The summed E-state index contributed by atoms with van der Waals surface area (Å²) < 4.78 is 52.9. The SMILES string of the molecule is COc1ccc(C(=O)OC(C)C(=O)Nc2ccc(C(F)(F)F)cc2)cc1OC. The Kier molecular flexibility index (Phi) is 6.50. The van der Waals surface area contributed by atoms with E-state index in [0.717, 1.165) is 24.3 Å².